The van der Waals surface area contributed by atoms with Crippen molar-refractivity contribution < 1.29 is 18.7 Å². The van der Waals surface area contributed by atoms with Gasteiger partial charge in [0.25, 0.3) is 0 Å². The number of fused-ring (bicyclic) bond motifs is 1. The fourth-order valence-electron chi connectivity index (χ4n) is 2.77. The second-order valence-electron chi connectivity index (χ2n) is 6.32. The molecule has 2 aromatic carbocycles. The second kappa shape index (κ2) is 6.56. The van der Waals surface area contributed by atoms with Crippen LogP contribution < -0.4 is 9.47 Å². The van der Waals surface area contributed by atoms with E-state index in [1.807, 2.05) is 25.1 Å². The summed E-state index contributed by atoms with van der Waals surface area (Å²) >= 11 is 0. The van der Waals surface area contributed by atoms with E-state index in [0.29, 0.717) is 29.4 Å². The number of furan rings is 1. The van der Waals surface area contributed by atoms with Gasteiger partial charge in [-0.15, -0.1) is 0 Å². The molecule has 0 spiro atoms. The van der Waals surface area contributed by atoms with Crippen molar-refractivity contribution in [1.82, 2.24) is 0 Å². The molecule has 0 radical (unpaired) electrons. The molecule has 0 N–H and O–H groups in total. The molecule has 26 heavy (non-hydrogen) atoms. The summed E-state index contributed by atoms with van der Waals surface area (Å²) in [5, 5.41) is 0. The molecule has 3 aromatic rings. The quantitative estimate of drug-likeness (QED) is 0.617. The van der Waals surface area contributed by atoms with Crippen molar-refractivity contribution in [1.29, 1.82) is 0 Å². The van der Waals surface area contributed by atoms with Crippen LogP contribution >= 0.6 is 0 Å². The first-order valence-corrected chi connectivity index (χ1v) is 8.41. The zero-order chi connectivity index (χ0) is 18.1. The Bertz CT molecular complexity index is 993. The SMILES string of the molecule is Cc1ccc(COc2ccc3c(c2)OC(=Cc2ccc(C)o2)C3=O)cc1. The fraction of sp³-hybridized carbons (Fsp3) is 0.136. The average molecular weight is 346 g/mol. The molecule has 130 valence electrons. The summed E-state index contributed by atoms with van der Waals surface area (Å²) in [5.41, 5.74) is 2.83. The number of ketones is 1. The predicted molar refractivity (Wildman–Crippen MR) is 98.3 cm³/mol. The Morgan fingerprint density at radius 2 is 1.81 bits per heavy atom. The number of rotatable bonds is 4. The number of ether oxygens (including phenoxy) is 2. The van der Waals surface area contributed by atoms with Crippen LogP contribution in [0, 0.1) is 13.8 Å². The standard InChI is InChI=1S/C22H18O4/c1-14-3-6-16(7-4-14)13-24-17-9-10-19-20(11-17)26-21(22(19)23)12-18-8-5-15(2)25-18/h3-12H,13H2,1-2H3. The maximum atomic E-state index is 12.5. The number of benzene rings is 2. The number of aryl methyl sites for hydroxylation is 2. The molecule has 0 saturated heterocycles. The Balaban J connectivity index is 1.50. The van der Waals surface area contributed by atoms with E-state index < -0.39 is 0 Å². The van der Waals surface area contributed by atoms with Crippen LogP contribution in [0.4, 0.5) is 0 Å². The smallest absolute Gasteiger partial charge is 0.232 e. The second-order valence-corrected chi connectivity index (χ2v) is 6.32. The molecule has 0 atom stereocenters. The van der Waals surface area contributed by atoms with Crippen LogP contribution in [0.3, 0.4) is 0 Å². The summed E-state index contributed by atoms with van der Waals surface area (Å²) in [6, 6.07) is 17.1. The van der Waals surface area contributed by atoms with Gasteiger partial charge in [0.15, 0.2) is 5.76 Å². The summed E-state index contributed by atoms with van der Waals surface area (Å²) in [6.45, 7) is 4.36. The molecule has 1 aromatic heterocycles. The maximum absolute atomic E-state index is 12.5. The first-order valence-electron chi connectivity index (χ1n) is 8.41. The number of hydrogen-bond donors (Lipinski definition) is 0. The molecule has 0 unspecified atom stereocenters. The Kier molecular flexibility index (Phi) is 4.09. The first kappa shape index (κ1) is 16.2. The van der Waals surface area contributed by atoms with Gasteiger partial charge in [-0.3, -0.25) is 4.79 Å². The van der Waals surface area contributed by atoms with Crippen molar-refractivity contribution in [3.05, 3.63) is 88.6 Å². The van der Waals surface area contributed by atoms with Gasteiger partial charge in [-0.25, -0.2) is 0 Å². The molecular formula is C22H18O4. The fourth-order valence-corrected chi connectivity index (χ4v) is 2.77. The molecule has 4 rings (SSSR count). The van der Waals surface area contributed by atoms with E-state index >= 15 is 0 Å². The Labute approximate surface area is 151 Å². The zero-order valence-corrected chi connectivity index (χ0v) is 14.6. The van der Waals surface area contributed by atoms with E-state index in [2.05, 4.69) is 19.1 Å². The van der Waals surface area contributed by atoms with Crippen LogP contribution in [0.15, 0.2) is 64.8 Å². The normalized spacial score (nSPS) is 14.4. The van der Waals surface area contributed by atoms with Crippen LogP contribution in [-0.2, 0) is 6.61 Å². The summed E-state index contributed by atoms with van der Waals surface area (Å²) in [6.07, 6.45) is 1.61. The van der Waals surface area contributed by atoms with E-state index in [-0.39, 0.29) is 11.5 Å². The summed E-state index contributed by atoms with van der Waals surface area (Å²) < 4.78 is 17.0. The molecule has 0 aliphatic carbocycles. The van der Waals surface area contributed by atoms with Gasteiger partial charge < -0.3 is 13.9 Å². The monoisotopic (exact) mass is 346 g/mol. The van der Waals surface area contributed by atoms with Crippen LogP contribution in [0.25, 0.3) is 6.08 Å². The topological polar surface area (TPSA) is 48.7 Å². The van der Waals surface area contributed by atoms with E-state index in [9.17, 15) is 4.79 Å². The number of allylic oxidation sites excluding steroid dienone is 1. The number of hydrogen-bond acceptors (Lipinski definition) is 4. The van der Waals surface area contributed by atoms with Crippen molar-refractivity contribution in [2.45, 2.75) is 20.5 Å². The lowest BCUT2D eigenvalue weighted by Gasteiger charge is -2.07. The molecule has 0 bridgehead atoms. The van der Waals surface area contributed by atoms with Gasteiger partial charge in [-0.05, 0) is 43.7 Å². The third-order valence-corrected chi connectivity index (χ3v) is 4.20. The third-order valence-electron chi connectivity index (χ3n) is 4.20. The van der Waals surface area contributed by atoms with Gasteiger partial charge in [-0.2, -0.15) is 0 Å². The van der Waals surface area contributed by atoms with Crippen molar-refractivity contribution in [3.8, 4) is 11.5 Å². The van der Waals surface area contributed by atoms with Gasteiger partial charge in [-0.1, -0.05) is 29.8 Å². The molecule has 2 heterocycles. The minimum atomic E-state index is -0.154. The summed E-state index contributed by atoms with van der Waals surface area (Å²) in [5.74, 6) is 2.64. The lowest BCUT2D eigenvalue weighted by Crippen LogP contribution is -1.97. The highest BCUT2D eigenvalue weighted by atomic mass is 16.5. The lowest BCUT2D eigenvalue weighted by atomic mass is 10.1. The molecule has 4 nitrogen and oxygen atoms in total. The lowest BCUT2D eigenvalue weighted by molar-refractivity contribution is 0.101. The van der Waals surface area contributed by atoms with E-state index in [1.54, 1.807) is 30.3 Å². The zero-order valence-electron chi connectivity index (χ0n) is 14.6. The van der Waals surface area contributed by atoms with Crippen molar-refractivity contribution in [2.75, 3.05) is 0 Å². The number of carbonyl (C=O) groups excluding carboxylic acids is 1. The van der Waals surface area contributed by atoms with Gasteiger partial charge in [0.1, 0.15) is 29.6 Å². The highest BCUT2D eigenvalue weighted by molar-refractivity contribution is 6.14. The average Bonchev–Trinajstić information content (AvgIpc) is 3.18. The minimum absolute atomic E-state index is 0.154. The van der Waals surface area contributed by atoms with Gasteiger partial charge >= 0.3 is 0 Å². The van der Waals surface area contributed by atoms with Gasteiger partial charge in [0.2, 0.25) is 5.78 Å². The van der Waals surface area contributed by atoms with Crippen molar-refractivity contribution in [2.24, 2.45) is 0 Å². The Morgan fingerprint density at radius 3 is 2.54 bits per heavy atom. The van der Waals surface area contributed by atoms with E-state index in [0.717, 1.165) is 11.3 Å². The van der Waals surface area contributed by atoms with Gasteiger partial charge in [0, 0.05) is 12.1 Å². The Hall–Kier alpha value is -3.27. The highest BCUT2D eigenvalue weighted by Gasteiger charge is 2.28. The molecule has 4 heteroatoms. The molecule has 0 amide bonds. The molecule has 0 saturated carbocycles. The van der Waals surface area contributed by atoms with Crippen LogP contribution in [0.1, 0.15) is 33.0 Å². The predicted octanol–water partition coefficient (Wildman–Crippen LogP) is 5.09. The summed E-state index contributed by atoms with van der Waals surface area (Å²) in [4.78, 5) is 12.5. The minimum Gasteiger partial charge on any atom is -0.489 e. The maximum Gasteiger partial charge on any atom is 0.232 e. The Morgan fingerprint density at radius 1 is 1.00 bits per heavy atom. The van der Waals surface area contributed by atoms with Crippen LogP contribution in [0.5, 0.6) is 11.5 Å². The largest absolute Gasteiger partial charge is 0.489 e. The summed E-state index contributed by atoms with van der Waals surface area (Å²) in [7, 11) is 0. The van der Waals surface area contributed by atoms with E-state index in [4.69, 9.17) is 13.9 Å². The molecule has 1 aliphatic heterocycles. The first-order chi connectivity index (χ1) is 12.6. The number of carbonyl (C=O) groups is 1. The van der Waals surface area contributed by atoms with Crippen molar-refractivity contribution in [3.63, 3.8) is 0 Å². The van der Waals surface area contributed by atoms with Crippen LogP contribution in [0.2, 0.25) is 0 Å². The molecule has 0 fully saturated rings. The molecular weight excluding hydrogens is 328 g/mol. The highest BCUT2D eigenvalue weighted by Crippen LogP contribution is 2.35. The third kappa shape index (κ3) is 3.26. The van der Waals surface area contributed by atoms with Crippen LogP contribution in [-0.4, -0.2) is 5.78 Å². The van der Waals surface area contributed by atoms with E-state index in [1.165, 1.54) is 5.56 Å². The van der Waals surface area contributed by atoms with Crippen molar-refractivity contribution >= 4 is 11.9 Å². The number of Topliss-reactive ketones (excluding diaryl/α,β-unsaturated/α-hetero) is 1. The molecule has 1 aliphatic rings. The van der Waals surface area contributed by atoms with Gasteiger partial charge in [0.05, 0.1) is 5.56 Å².